The molecule has 0 fully saturated rings. The molecule has 4 aliphatic carbocycles. The van der Waals surface area contributed by atoms with E-state index in [9.17, 15) is 0 Å². The summed E-state index contributed by atoms with van der Waals surface area (Å²) in [7, 11) is 8.65. The second-order valence-corrected chi connectivity index (χ2v) is 30.0. The van der Waals surface area contributed by atoms with E-state index in [4.69, 9.17) is 0 Å². The molecule has 101 heavy (non-hydrogen) atoms. The van der Waals surface area contributed by atoms with Crippen molar-refractivity contribution in [2.75, 3.05) is 0 Å². The third-order valence-corrected chi connectivity index (χ3v) is 23.0. The number of pyridine rings is 4. The zero-order valence-electron chi connectivity index (χ0n) is 63.2. The van der Waals surface area contributed by atoms with Crippen LogP contribution >= 0.6 is 0 Å². The van der Waals surface area contributed by atoms with Gasteiger partial charge < -0.3 is 0 Å². The minimum atomic E-state index is 0.986. The lowest BCUT2D eigenvalue weighted by Crippen LogP contribution is -2.32. The molecule has 0 N–H and O–H groups in total. The first-order chi connectivity index (χ1) is 48.4. The minimum Gasteiger partial charge on any atom is -0.201 e. The van der Waals surface area contributed by atoms with Gasteiger partial charge >= 0.3 is 0 Å². The normalized spacial score (nSPS) is 12.1. The Morgan fingerprint density at radius 2 is 0.554 bits per heavy atom. The van der Waals surface area contributed by atoms with Crippen LogP contribution in [0.25, 0.3) is 101 Å². The number of aryl methyl sites for hydroxylation is 19. The van der Waals surface area contributed by atoms with Crippen LogP contribution in [-0.2, 0) is 53.9 Å². The van der Waals surface area contributed by atoms with Crippen molar-refractivity contribution in [1.82, 2.24) is 0 Å². The fourth-order valence-electron chi connectivity index (χ4n) is 16.9. The summed E-state index contributed by atoms with van der Waals surface area (Å²) in [6, 6.07) is 65.5. The molecule has 0 radical (unpaired) electrons. The molecular formula is C97H98N4+4. The molecule has 0 amide bonds. The number of nitrogens with zero attached hydrogens (tertiary/aromatic N) is 4. The Morgan fingerprint density at radius 1 is 0.208 bits per heavy atom. The predicted octanol–water partition coefficient (Wildman–Crippen LogP) is 21.3. The molecule has 0 unspecified atom stereocenters. The number of aromatic nitrogens is 4. The number of benzene rings is 9. The Morgan fingerprint density at radius 3 is 1.03 bits per heavy atom. The second kappa shape index (κ2) is 26.9. The topological polar surface area (TPSA) is 15.5 Å². The molecule has 502 valence electrons. The third-order valence-electron chi connectivity index (χ3n) is 23.0. The van der Waals surface area contributed by atoms with E-state index in [2.05, 4.69) is 351 Å². The first kappa shape index (κ1) is 67.7. The molecule has 13 aromatic rings. The third kappa shape index (κ3) is 12.3. The molecule has 0 bridgehead atoms. The molecule has 4 aliphatic rings. The van der Waals surface area contributed by atoms with Gasteiger partial charge in [-0.15, -0.1) is 0 Å². The molecule has 0 atom stereocenters. The van der Waals surface area contributed by atoms with Crippen molar-refractivity contribution in [3.63, 3.8) is 0 Å². The van der Waals surface area contributed by atoms with Crippen LogP contribution < -0.4 is 18.3 Å². The first-order valence-electron chi connectivity index (χ1n) is 36.3. The van der Waals surface area contributed by atoms with E-state index in [0.29, 0.717) is 0 Å². The summed E-state index contributed by atoms with van der Waals surface area (Å²) in [6.07, 6.45) is 13.1. The molecule has 0 saturated carbocycles. The highest BCUT2D eigenvalue weighted by molar-refractivity contribution is 5.91. The molecule has 9 aromatic carbocycles. The lowest BCUT2D eigenvalue weighted by atomic mass is 9.92. The van der Waals surface area contributed by atoms with Gasteiger partial charge in [0.05, 0.1) is 22.3 Å². The van der Waals surface area contributed by atoms with Crippen LogP contribution in [0.4, 0.5) is 0 Å². The number of hydrogen-bond donors (Lipinski definition) is 0. The van der Waals surface area contributed by atoms with Crippen LogP contribution in [0.5, 0.6) is 0 Å². The SMILES string of the molecule is Cc1cc(-c2c(C)ccc3c2Cc2c(-c4ccccc4)cccc2-3)[n+](C)cc1C.Cc1cc(-c2c(C)ccc3c2Cc2c(C)cccc2-3)[n+](C)cc1C.Cc1cc(-c2c(C)ccc3c2Cc2cccc(C)c2-3)[n+](C)cc1C.Cc1ccc2c(c1)-c1ccc(C)c(-c3cc(C)c(C)c[n+]3C)c1C2. The molecule has 0 saturated heterocycles. The van der Waals surface area contributed by atoms with Gasteiger partial charge in [-0.1, -0.05) is 157 Å². The van der Waals surface area contributed by atoms with Gasteiger partial charge in [-0.05, 0) is 279 Å². The molecule has 0 spiro atoms. The standard InChI is InChI=1S/C28H26N.3C23H24N/c1-18-13-14-24-23-12-8-11-22(21-9-6-5-7-10-21)25(23)16-26(24)28(18)27-15-19(2)20(3)17-29(27)4;1-14-6-8-18-12-21-19(20(18)10-14)9-7-15(2)23(21)22-11-16(3)17(4)13-24(22)5;1-14-7-6-8-18-19-10-9-15(2)23(21(19)12-20(14)18)22-11-16(3)17(4)13-24(22)5;1-14-7-6-8-18-12-20-19(22(14)18)10-9-15(2)23(20)21-11-16(3)17(4)13-24(21)5/h5-15,17H,16H2,1-4H3;3*6-11,13H,12H2,1-5H3/q4*+1. The molecule has 4 heteroatoms. The van der Waals surface area contributed by atoms with Crippen molar-refractivity contribution < 1.29 is 18.3 Å². The molecule has 0 aliphatic heterocycles. The highest BCUT2D eigenvalue weighted by Crippen LogP contribution is 2.49. The van der Waals surface area contributed by atoms with Gasteiger partial charge in [0.1, 0.15) is 28.2 Å². The van der Waals surface area contributed by atoms with Crippen molar-refractivity contribution in [2.24, 2.45) is 28.2 Å². The highest BCUT2D eigenvalue weighted by atomic mass is 14.9. The van der Waals surface area contributed by atoms with E-state index in [1.54, 1.807) is 0 Å². The first-order valence-corrected chi connectivity index (χ1v) is 36.3. The summed E-state index contributed by atoms with van der Waals surface area (Å²) < 4.78 is 9.12. The summed E-state index contributed by atoms with van der Waals surface area (Å²) in [5.41, 5.74) is 56.9. The summed E-state index contributed by atoms with van der Waals surface area (Å²) in [5.74, 6) is 0. The number of fused-ring (bicyclic) bond motifs is 12. The van der Waals surface area contributed by atoms with Gasteiger partial charge in [-0.2, -0.15) is 0 Å². The van der Waals surface area contributed by atoms with Crippen LogP contribution in [0.2, 0.25) is 0 Å². The van der Waals surface area contributed by atoms with E-state index in [1.807, 2.05) is 0 Å². The number of hydrogen-bond acceptors (Lipinski definition) is 0. The average Bonchev–Trinajstić information content (AvgIpc) is 1.67. The summed E-state index contributed by atoms with van der Waals surface area (Å²) in [4.78, 5) is 0. The van der Waals surface area contributed by atoms with Gasteiger partial charge in [0.2, 0.25) is 22.8 Å². The van der Waals surface area contributed by atoms with Crippen molar-refractivity contribution >= 4 is 0 Å². The predicted molar refractivity (Wildman–Crippen MR) is 422 cm³/mol. The fraction of sp³-hybridized carbons (Fsp3) is 0.237. The molecule has 17 rings (SSSR count). The smallest absolute Gasteiger partial charge is 0.201 e. The number of rotatable bonds is 5. The summed E-state index contributed by atoms with van der Waals surface area (Å²) >= 11 is 0. The lowest BCUT2D eigenvalue weighted by Gasteiger charge is -2.12. The van der Waals surface area contributed by atoms with Gasteiger partial charge in [0.25, 0.3) is 0 Å². The minimum absolute atomic E-state index is 0.986. The van der Waals surface area contributed by atoms with E-state index >= 15 is 0 Å². The monoisotopic (exact) mass is 1320 g/mol. The van der Waals surface area contributed by atoms with Crippen LogP contribution in [0.15, 0.2) is 201 Å². The zero-order chi connectivity index (χ0) is 71.1. The van der Waals surface area contributed by atoms with E-state index < -0.39 is 0 Å². The van der Waals surface area contributed by atoms with Crippen LogP contribution in [0.1, 0.15) is 128 Å². The average molecular weight is 1320 g/mol. The Hall–Kier alpha value is -10.4. The van der Waals surface area contributed by atoms with Crippen molar-refractivity contribution in [3.8, 4) is 101 Å². The van der Waals surface area contributed by atoms with E-state index in [-0.39, 0.29) is 0 Å². The molecule has 4 nitrogen and oxygen atoms in total. The maximum atomic E-state index is 2.35. The van der Waals surface area contributed by atoms with E-state index in [1.165, 1.54) is 229 Å². The highest BCUT2D eigenvalue weighted by Gasteiger charge is 2.33. The summed E-state index contributed by atoms with van der Waals surface area (Å²) in [6.45, 7) is 33.1. The zero-order valence-corrected chi connectivity index (χ0v) is 63.2. The van der Waals surface area contributed by atoms with Gasteiger partial charge in [0.15, 0.2) is 24.8 Å². The fourth-order valence-corrected chi connectivity index (χ4v) is 16.9. The maximum absolute atomic E-state index is 2.35. The molecular weight excluding hydrogens is 1220 g/mol. The molecule has 4 heterocycles. The Bertz CT molecular complexity index is 5550. The van der Waals surface area contributed by atoms with Crippen LogP contribution in [0, 0.1) is 104 Å². The van der Waals surface area contributed by atoms with Gasteiger partial charge in [-0.25, -0.2) is 18.3 Å². The van der Waals surface area contributed by atoms with Crippen molar-refractivity contribution in [1.29, 1.82) is 0 Å². The van der Waals surface area contributed by atoms with Crippen molar-refractivity contribution in [2.45, 2.75) is 130 Å². The maximum Gasteiger partial charge on any atom is 0.213 e. The van der Waals surface area contributed by atoms with Gasteiger partial charge in [0, 0.05) is 52.9 Å². The quantitative estimate of drug-likeness (QED) is 0.153. The largest absolute Gasteiger partial charge is 0.213 e. The lowest BCUT2D eigenvalue weighted by molar-refractivity contribution is -0.660. The second-order valence-electron chi connectivity index (χ2n) is 30.0. The van der Waals surface area contributed by atoms with Crippen LogP contribution in [0.3, 0.4) is 0 Å². The Balaban J connectivity index is 0.000000115. The Kier molecular flexibility index (Phi) is 18.1. The Labute approximate surface area is 601 Å². The summed E-state index contributed by atoms with van der Waals surface area (Å²) in [5, 5.41) is 0. The van der Waals surface area contributed by atoms with Gasteiger partial charge in [-0.3, -0.25) is 0 Å². The van der Waals surface area contributed by atoms with E-state index in [0.717, 1.165) is 25.7 Å². The van der Waals surface area contributed by atoms with Crippen molar-refractivity contribution in [3.05, 3.63) is 329 Å². The molecule has 4 aromatic heterocycles. The van der Waals surface area contributed by atoms with Crippen LogP contribution in [-0.4, -0.2) is 0 Å².